The summed E-state index contributed by atoms with van der Waals surface area (Å²) in [4.78, 5) is 0. The maximum absolute atomic E-state index is 6.25. The predicted octanol–water partition coefficient (Wildman–Crippen LogP) is 4.73. The summed E-state index contributed by atoms with van der Waals surface area (Å²) in [5.41, 5.74) is 1.21. The third-order valence-corrected chi connectivity index (χ3v) is 4.36. The normalized spacial score (nSPS) is 19.0. The number of rotatable bonds is 6. The van der Waals surface area contributed by atoms with Crippen molar-refractivity contribution in [2.45, 2.75) is 76.1 Å². The summed E-state index contributed by atoms with van der Waals surface area (Å²) in [5, 5.41) is 5.04. The Balaban J connectivity index is 1.82. The van der Waals surface area contributed by atoms with Crippen LogP contribution in [0.1, 0.15) is 70.0 Å². The molecule has 3 heteroatoms. The van der Waals surface area contributed by atoms with Crippen molar-refractivity contribution in [3.8, 4) is 0 Å². The van der Waals surface area contributed by atoms with E-state index in [1.165, 1.54) is 44.2 Å². The molecule has 102 valence electrons. The van der Waals surface area contributed by atoms with Crippen LogP contribution in [0, 0.1) is 0 Å². The molecule has 1 aliphatic rings. The summed E-state index contributed by atoms with van der Waals surface area (Å²) < 4.78 is 2.19. The van der Waals surface area contributed by atoms with Gasteiger partial charge in [0.15, 0.2) is 0 Å². The summed E-state index contributed by atoms with van der Waals surface area (Å²) in [6, 6.07) is 2.82. The molecule has 0 amide bonds. The van der Waals surface area contributed by atoms with Crippen molar-refractivity contribution in [2.75, 3.05) is 0 Å². The second kappa shape index (κ2) is 7.18. The van der Waals surface area contributed by atoms with E-state index < -0.39 is 0 Å². The Morgan fingerprint density at radius 1 is 1.33 bits per heavy atom. The number of aromatic nitrogens is 2. The monoisotopic (exact) mass is 268 g/mol. The van der Waals surface area contributed by atoms with Gasteiger partial charge in [-0.2, -0.15) is 5.10 Å². The molecule has 0 bridgehead atoms. The molecule has 2 rings (SSSR count). The highest BCUT2D eigenvalue weighted by Crippen LogP contribution is 2.27. The van der Waals surface area contributed by atoms with Crippen LogP contribution in [0.2, 0.25) is 0 Å². The van der Waals surface area contributed by atoms with Gasteiger partial charge in [-0.25, -0.2) is 0 Å². The molecule has 0 N–H and O–H groups in total. The van der Waals surface area contributed by atoms with Gasteiger partial charge in [0.05, 0.1) is 11.7 Å². The van der Waals surface area contributed by atoms with Crippen LogP contribution in [0.5, 0.6) is 0 Å². The van der Waals surface area contributed by atoms with Crippen molar-refractivity contribution < 1.29 is 0 Å². The first kappa shape index (κ1) is 13.9. The fraction of sp³-hybridized carbons (Fsp3) is 0.800. The largest absolute Gasteiger partial charge is 0.269 e. The molecular weight excluding hydrogens is 244 g/mol. The standard InChI is InChI=1S/C15H25ClN2/c1-2-6-13(16)9-10-14-11-12-18(17-14)15-7-4-3-5-8-15/h11-13,15H,2-10H2,1H3. The number of halogens is 1. The lowest BCUT2D eigenvalue weighted by molar-refractivity contribution is 0.328. The molecule has 0 spiro atoms. The molecule has 18 heavy (non-hydrogen) atoms. The van der Waals surface area contributed by atoms with Crippen molar-refractivity contribution in [1.29, 1.82) is 0 Å². The number of aryl methyl sites for hydroxylation is 1. The Morgan fingerprint density at radius 2 is 2.11 bits per heavy atom. The van der Waals surface area contributed by atoms with E-state index in [-0.39, 0.29) is 0 Å². The molecule has 0 saturated heterocycles. The van der Waals surface area contributed by atoms with Gasteiger partial charge in [-0.05, 0) is 38.2 Å². The minimum atomic E-state index is 0.315. The zero-order valence-corrected chi connectivity index (χ0v) is 12.2. The second-order valence-corrected chi connectivity index (χ2v) is 6.12. The smallest absolute Gasteiger partial charge is 0.0625 e. The van der Waals surface area contributed by atoms with Gasteiger partial charge in [0.25, 0.3) is 0 Å². The third kappa shape index (κ3) is 4.01. The Kier molecular flexibility index (Phi) is 5.55. The topological polar surface area (TPSA) is 17.8 Å². The Labute approximate surface area is 116 Å². The quantitative estimate of drug-likeness (QED) is 0.682. The van der Waals surface area contributed by atoms with E-state index in [9.17, 15) is 0 Å². The van der Waals surface area contributed by atoms with E-state index in [4.69, 9.17) is 16.7 Å². The molecule has 1 unspecified atom stereocenters. The van der Waals surface area contributed by atoms with Crippen LogP contribution in [0.3, 0.4) is 0 Å². The molecule has 1 aliphatic carbocycles. The zero-order valence-electron chi connectivity index (χ0n) is 11.4. The molecular formula is C15H25ClN2. The van der Waals surface area contributed by atoms with Gasteiger partial charge in [0.2, 0.25) is 0 Å². The van der Waals surface area contributed by atoms with Gasteiger partial charge in [0, 0.05) is 11.6 Å². The number of hydrogen-bond acceptors (Lipinski definition) is 1. The SMILES string of the molecule is CCCC(Cl)CCc1ccn(C2CCCCC2)n1. The first-order valence-corrected chi connectivity index (χ1v) is 7.91. The van der Waals surface area contributed by atoms with Crippen molar-refractivity contribution in [2.24, 2.45) is 0 Å². The maximum atomic E-state index is 6.25. The highest BCUT2D eigenvalue weighted by Gasteiger charge is 2.16. The van der Waals surface area contributed by atoms with E-state index in [0.29, 0.717) is 11.4 Å². The van der Waals surface area contributed by atoms with Crippen LogP contribution in [-0.2, 0) is 6.42 Å². The summed E-state index contributed by atoms with van der Waals surface area (Å²) in [6.45, 7) is 2.19. The van der Waals surface area contributed by atoms with Crippen LogP contribution >= 0.6 is 11.6 Å². The first-order valence-electron chi connectivity index (χ1n) is 7.47. The molecule has 0 radical (unpaired) electrons. The van der Waals surface area contributed by atoms with Crippen molar-refractivity contribution in [1.82, 2.24) is 9.78 Å². The van der Waals surface area contributed by atoms with Crippen LogP contribution in [0.15, 0.2) is 12.3 Å². The van der Waals surface area contributed by atoms with Crippen LogP contribution in [0.25, 0.3) is 0 Å². The average molecular weight is 269 g/mol. The minimum absolute atomic E-state index is 0.315. The Hall–Kier alpha value is -0.500. The van der Waals surface area contributed by atoms with Crippen molar-refractivity contribution in [3.05, 3.63) is 18.0 Å². The van der Waals surface area contributed by atoms with Gasteiger partial charge < -0.3 is 0 Å². The van der Waals surface area contributed by atoms with Crippen LogP contribution in [0.4, 0.5) is 0 Å². The third-order valence-electron chi connectivity index (χ3n) is 3.93. The van der Waals surface area contributed by atoms with Crippen LogP contribution in [-0.4, -0.2) is 15.2 Å². The molecule has 1 aromatic rings. The summed E-state index contributed by atoms with van der Waals surface area (Å²) in [5.74, 6) is 0. The van der Waals surface area contributed by atoms with Crippen molar-refractivity contribution >= 4 is 11.6 Å². The maximum Gasteiger partial charge on any atom is 0.0625 e. The highest BCUT2D eigenvalue weighted by atomic mass is 35.5. The van der Waals surface area contributed by atoms with Gasteiger partial charge in [-0.3, -0.25) is 4.68 Å². The Bertz CT molecular complexity index is 342. The lowest BCUT2D eigenvalue weighted by Crippen LogP contribution is -2.13. The molecule has 1 saturated carbocycles. The number of hydrogen-bond donors (Lipinski definition) is 0. The van der Waals surface area contributed by atoms with E-state index in [2.05, 4.69) is 23.9 Å². The molecule has 2 nitrogen and oxygen atoms in total. The number of alkyl halides is 1. The lowest BCUT2D eigenvalue weighted by Gasteiger charge is -2.21. The molecule has 1 aromatic heterocycles. The van der Waals surface area contributed by atoms with E-state index in [1.54, 1.807) is 0 Å². The summed E-state index contributed by atoms with van der Waals surface area (Å²) >= 11 is 6.25. The van der Waals surface area contributed by atoms with Gasteiger partial charge in [-0.1, -0.05) is 32.6 Å². The van der Waals surface area contributed by atoms with Gasteiger partial charge in [0.1, 0.15) is 0 Å². The Morgan fingerprint density at radius 3 is 2.83 bits per heavy atom. The molecule has 0 aliphatic heterocycles. The van der Waals surface area contributed by atoms with E-state index in [1.807, 2.05) is 0 Å². The number of nitrogens with zero attached hydrogens (tertiary/aromatic N) is 2. The van der Waals surface area contributed by atoms with E-state index in [0.717, 1.165) is 19.3 Å². The molecule has 1 heterocycles. The highest BCUT2D eigenvalue weighted by molar-refractivity contribution is 6.20. The zero-order chi connectivity index (χ0) is 12.8. The summed E-state index contributed by atoms with van der Waals surface area (Å²) in [6.07, 6.45) is 13.2. The minimum Gasteiger partial charge on any atom is -0.269 e. The van der Waals surface area contributed by atoms with Gasteiger partial charge >= 0.3 is 0 Å². The van der Waals surface area contributed by atoms with Crippen molar-refractivity contribution in [3.63, 3.8) is 0 Å². The lowest BCUT2D eigenvalue weighted by atomic mass is 9.96. The van der Waals surface area contributed by atoms with Gasteiger partial charge in [-0.15, -0.1) is 11.6 Å². The molecule has 1 fully saturated rings. The predicted molar refractivity (Wildman–Crippen MR) is 77.2 cm³/mol. The van der Waals surface area contributed by atoms with E-state index >= 15 is 0 Å². The fourth-order valence-electron chi connectivity index (χ4n) is 2.82. The molecule has 0 aromatic carbocycles. The average Bonchev–Trinajstić information content (AvgIpc) is 2.87. The summed E-state index contributed by atoms with van der Waals surface area (Å²) in [7, 11) is 0. The van der Waals surface area contributed by atoms with Crippen LogP contribution < -0.4 is 0 Å². The molecule has 1 atom stereocenters. The first-order chi connectivity index (χ1) is 8.79. The second-order valence-electron chi connectivity index (χ2n) is 5.50. The fourth-order valence-corrected chi connectivity index (χ4v) is 3.15.